The van der Waals surface area contributed by atoms with E-state index in [9.17, 15) is 14.0 Å². The fraction of sp³-hybridized carbons (Fsp3) is 0.417. The third-order valence-electron chi connectivity index (χ3n) is 5.45. The van der Waals surface area contributed by atoms with Crippen LogP contribution < -0.4 is 10.2 Å². The van der Waals surface area contributed by atoms with E-state index >= 15 is 0 Å². The number of carbonyl (C=O) groups is 2. The number of anilines is 1. The molecule has 1 N–H and O–H groups in total. The zero-order chi connectivity index (χ0) is 21.7. The first-order valence-electron chi connectivity index (χ1n) is 10.4. The highest BCUT2D eigenvalue weighted by molar-refractivity contribution is 5.96. The quantitative estimate of drug-likeness (QED) is 0.837. The molecule has 1 aliphatic heterocycles. The molecule has 0 aliphatic carbocycles. The lowest BCUT2D eigenvalue weighted by Gasteiger charge is -2.24. The second kappa shape index (κ2) is 9.28. The van der Waals surface area contributed by atoms with Gasteiger partial charge in [-0.3, -0.25) is 9.59 Å². The summed E-state index contributed by atoms with van der Waals surface area (Å²) >= 11 is 0. The first kappa shape index (κ1) is 21.8. The van der Waals surface area contributed by atoms with Crippen molar-refractivity contribution >= 4 is 17.5 Å². The van der Waals surface area contributed by atoms with E-state index in [-0.39, 0.29) is 29.6 Å². The van der Waals surface area contributed by atoms with Gasteiger partial charge >= 0.3 is 0 Å². The van der Waals surface area contributed by atoms with Gasteiger partial charge in [0.2, 0.25) is 5.91 Å². The maximum atomic E-state index is 13.1. The van der Waals surface area contributed by atoms with Crippen molar-refractivity contribution in [1.82, 2.24) is 10.2 Å². The van der Waals surface area contributed by atoms with E-state index in [1.54, 1.807) is 29.2 Å². The summed E-state index contributed by atoms with van der Waals surface area (Å²) < 4.78 is 13.1. The van der Waals surface area contributed by atoms with Gasteiger partial charge in [0.25, 0.3) is 5.91 Å². The number of rotatable bonds is 4. The van der Waals surface area contributed by atoms with Crippen molar-refractivity contribution in [3.8, 4) is 0 Å². The Morgan fingerprint density at radius 2 is 1.60 bits per heavy atom. The van der Waals surface area contributed by atoms with E-state index in [0.29, 0.717) is 25.2 Å². The lowest BCUT2D eigenvalue weighted by atomic mass is 9.87. The van der Waals surface area contributed by atoms with E-state index in [1.165, 1.54) is 12.1 Å². The number of hydrogen-bond donors (Lipinski definition) is 1. The average Bonchev–Trinajstić information content (AvgIpc) is 2.98. The van der Waals surface area contributed by atoms with Gasteiger partial charge in [0.05, 0.1) is 6.54 Å². The van der Waals surface area contributed by atoms with Crippen LogP contribution in [0, 0.1) is 5.82 Å². The van der Waals surface area contributed by atoms with Crippen LogP contribution in [-0.4, -0.2) is 49.4 Å². The molecule has 2 aromatic rings. The minimum Gasteiger partial charge on any atom is -0.370 e. The summed E-state index contributed by atoms with van der Waals surface area (Å²) in [5.74, 6) is -0.587. The van der Waals surface area contributed by atoms with Crippen LogP contribution in [0.4, 0.5) is 10.1 Å². The molecule has 1 fully saturated rings. The van der Waals surface area contributed by atoms with Crippen LogP contribution in [0.1, 0.15) is 43.1 Å². The summed E-state index contributed by atoms with van der Waals surface area (Å²) in [6, 6.07) is 13.9. The number of halogens is 1. The first-order valence-corrected chi connectivity index (χ1v) is 10.4. The van der Waals surface area contributed by atoms with Gasteiger partial charge in [-0.05, 0) is 53.8 Å². The smallest absolute Gasteiger partial charge is 0.251 e. The zero-order valence-electron chi connectivity index (χ0n) is 18.0. The third kappa shape index (κ3) is 5.59. The molecule has 5 nitrogen and oxygen atoms in total. The van der Waals surface area contributed by atoms with Crippen molar-refractivity contribution in [1.29, 1.82) is 0 Å². The molecule has 0 radical (unpaired) electrons. The van der Waals surface area contributed by atoms with Crippen molar-refractivity contribution in [2.45, 2.75) is 32.6 Å². The van der Waals surface area contributed by atoms with Gasteiger partial charge in [-0.1, -0.05) is 32.9 Å². The van der Waals surface area contributed by atoms with Gasteiger partial charge in [-0.15, -0.1) is 0 Å². The van der Waals surface area contributed by atoms with Gasteiger partial charge in [0, 0.05) is 37.4 Å². The highest BCUT2D eigenvalue weighted by Gasteiger charge is 2.20. The monoisotopic (exact) mass is 411 g/mol. The molecule has 0 atom stereocenters. The molecular formula is C24H30FN3O2. The predicted octanol–water partition coefficient (Wildman–Crippen LogP) is 3.59. The van der Waals surface area contributed by atoms with Gasteiger partial charge in [-0.25, -0.2) is 4.39 Å². The van der Waals surface area contributed by atoms with Gasteiger partial charge in [0.15, 0.2) is 0 Å². The lowest BCUT2D eigenvalue weighted by molar-refractivity contribution is -0.129. The van der Waals surface area contributed by atoms with Crippen molar-refractivity contribution in [3.63, 3.8) is 0 Å². The van der Waals surface area contributed by atoms with Gasteiger partial charge in [0.1, 0.15) is 5.82 Å². The Hall–Kier alpha value is -2.89. The van der Waals surface area contributed by atoms with Gasteiger partial charge in [-0.2, -0.15) is 0 Å². The molecule has 30 heavy (non-hydrogen) atoms. The predicted molar refractivity (Wildman–Crippen MR) is 117 cm³/mol. The van der Waals surface area contributed by atoms with E-state index in [0.717, 1.165) is 24.2 Å². The summed E-state index contributed by atoms with van der Waals surface area (Å²) in [5, 5.41) is 2.74. The summed E-state index contributed by atoms with van der Waals surface area (Å²) in [6.45, 7) is 9.06. The second-order valence-electron chi connectivity index (χ2n) is 8.71. The van der Waals surface area contributed by atoms with Crippen molar-refractivity contribution in [2.24, 2.45) is 0 Å². The van der Waals surface area contributed by atoms with Crippen LogP contribution >= 0.6 is 0 Å². The maximum absolute atomic E-state index is 13.1. The number of benzene rings is 2. The largest absolute Gasteiger partial charge is 0.370 e. The minimum atomic E-state index is -0.255. The molecule has 6 heteroatoms. The summed E-state index contributed by atoms with van der Waals surface area (Å²) in [7, 11) is 0. The Balaban J connectivity index is 1.51. The molecule has 0 aromatic heterocycles. The Bertz CT molecular complexity index is 873. The van der Waals surface area contributed by atoms with E-state index in [2.05, 4.69) is 31.0 Å². The molecule has 1 aliphatic rings. The summed E-state index contributed by atoms with van der Waals surface area (Å²) in [4.78, 5) is 28.9. The van der Waals surface area contributed by atoms with Gasteiger partial charge < -0.3 is 15.1 Å². The van der Waals surface area contributed by atoms with Crippen LogP contribution in [0.5, 0.6) is 0 Å². The van der Waals surface area contributed by atoms with Crippen LogP contribution in [0.2, 0.25) is 0 Å². The number of carbonyl (C=O) groups excluding carboxylic acids is 2. The summed E-state index contributed by atoms with van der Waals surface area (Å²) in [6.07, 6.45) is 0.825. The van der Waals surface area contributed by atoms with Crippen molar-refractivity contribution in [2.75, 3.05) is 37.6 Å². The molecule has 160 valence electrons. The first-order chi connectivity index (χ1) is 14.2. The van der Waals surface area contributed by atoms with Crippen LogP contribution in [0.3, 0.4) is 0 Å². The van der Waals surface area contributed by atoms with Crippen LogP contribution in [-0.2, 0) is 10.2 Å². The molecule has 2 aromatic carbocycles. The average molecular weight is 412 g/mol. The molecule has 1 heterocycles. The SMILES string of the molecule is CC(C)(C)c1ccc(C(=O)NCC(=O)N2CCCN(c3ccc(F)cc3)CC2)cc1. The highest BCUT2D eigenvalue weighted by atomic mass is 19.1. The highest BCUT2D eigenvalue weighted by Crippen LogP contribution is 2.22. The van der Waals surface area contributed by atoms with Crippen LogP contribution in [0.25, 0.3) is 0 Å². The normalized spacial score (nSPS) is 14.9. The third-order valence-corrected chi connectivity index (χ3v) is 5.45. The number of nitrogens with zero attached hydrogens (tertiary/aromatic N) is 2. The fourth-order valence-electron chi connectivity index (χ4n) is 3.57. The molecule has 0 saturated carbocycles. The van der Waals surface area contributed by atoms with E-state index in [1.807, 2.05) is 12.1 Å². The molecule has 3 rings (SSSR count). The fourth-order valence-corrected chi connectivity index (χ4v) is 3.57. The summed E-state index contributed by atoms with van der Waals surface area (Å²) in [5.41, 5.74) is 2.69. The van der Waals surface area contributed by atoms with Crippen LogP contribution in [0.15, 0.2) is 48.5 Å². The molecule has 2 amide bonds. The maximum Gasteiger partial charge on any atom is 0.251 e. The minimum absolute atomic E-state index is 0.0175. The van der Waals surface area contributed by atoms with Crippen molar-refractivity contribution < 1.29 is 14.0 Å². The van der Waals surface area contributed by atoms with Crippen molar-refractivity contribution in [3.05, 3.63) is 65.5 Å². The molecule has 1 saturated heterocycles. The van der Waals surface area contributed by atoms with E-state index in [4.69, 9.17) is 0 Å². The molecule has 0 unspecified atom stereocenters. The molecular weight excluding hydrogens is 381 g/mol. The Morgan fingerprint density at radius 3 is 2.23 bits per heavy atom. The Morgan fingerprint density at radius 1 is 0.933 bits per heavy atom. The number of amides is 2. The Labute approximate surface area is 177 Å². The molecule has 0 bridgehead atoms. The number of nitrogens with one attached hydrogen (secondary N) is 1. The lowest BCUT2D eigenvalue weighted by Crippen LogP contribution is -2.42. The topological polar surface area (TPSA) is 52.7 Å². The molecule has 0 spiro atoms. The number of hydrogen-bond acceptors (Lipinski definition) is 3. The van der Waals surface area contributed by atoms with E-state index < -0.39 is 0 Å². The Kier molecular flexibility index (Phi) is 6.75. The standard InChI is InChI=1S/C24H30FN3O2/c1-24(2,3)19-7-5-18(6-8-19)23(30)26-17-22(29)28-14-4-13-27(15-16-28)21-11-9-20(25)10-12-21/h5-12H,4,13-17H2,1-3H3,(H,26,30). The second-order valence-corrected chi connectivity index (χ2v) is 8.71. The zero-order valence-corrected chi connectivity index (χ0v) is 18.0.